The number of ether oxygens (including phenoxy) is 1. The molecule has 3 rings (SSSR count). The van der Waals surface area contributed by atoms with Gasteiger partial charge >= 0.3 is 0 Å². The van der Waals surface area contributed by atoms with E-state index in [1.807, 2.05) is 0 Å². The van der Waals surface area contributed by atoms with Gasteiger partial charge in [-0.1, -0.05) is 48.5 Å². The summed E-state index contributed by atoms with van der Waals surface area (Å²) < 4.78 is 6.11. The average Bonchev–Trinajstić information content (AvgIpc) is 2.79. The zero-order valence-electron chi connectivity index (χ0n) is 12.9. The first-order chi connectivity index (χ1) is 10.1. The van der Waals surface area contributed by atoms with Gasteiger partial charge in [0.05, 0.1) is 0 Å². The van der Waals surface area contributed by atoms with Crippen LogP contribution in [0.5, 0.6) is 5.75 Å². The van der Waals surface area contributed by atoms with E-state index in [1.54, 1.807) is 0 Å². The number of para-hydroxylation sites is 1. The number of benzene rings is 2. The van der Waals surface area contributed by atoms with E-state index in [-0.39, 0.29) is 5.60 Å². The van der Waals surface area contributed by atoms with Crippen molar-refractivity contribution in [1.82, 2.24) is 5.32 Å². The van der Waals surface area contributed by atoms with E-state index < -0.39 is 0 Å². The molecule has 0 amide bonds. The fourth-order valence-corrected chi connectivity index (χ4v) is 2.93. The van der Waals surface area contributed by atoms with E-state index in [0.717, 1.165) is 31.7 Å². The van der Waals surface area contributed by atoms with E-state index in [0.29, 0.717) is 0 Å². The summed E-state index contributed by atoms with van der Waals surface area (Å²) in [5.74, 6) is 1.11. The largest absolute Gasteiger partial charge is 0.487 e. The standard InChI is InChI=1S/C19H23NO/c1-19(2)13-17-10-6-9-16(18(17)21-19)11-12-20-14-15-7-4-3-5-8-15/h3-10,20H,11-14H2,1-2H3. The maximum atomic E-state index is 6.11. The van der Waals surface area contributed by atoms with Crippen LogP contribution in [0.3, 0.4) is 0 Å². The highest BCUT2D eigenvalue weighted by Gasteiger charge is 2.31. The van der Waals surface area contributed by atoms with Gasteiger partial charge in [0.1, 0.15) is 11.4 Å². The predicted octanol–water partition coefficient (Wildman–Crippen LogP) is 3.73. The number of rotatable bonds is 5. The van der Waals surface area contributed by atoms with Gasteiger partial charge in [-0.15, -0.1) is 0 Å². The van der Waals surface area contributed by atoms with Crippen LogP contribution in [0.25, 0.3) is 0 Å². The van der Waals surface area contributed by atoms with E-state index in [9.17, 15) is 0 Å². The van der Waals surface area contributed by atoms with Gasteiger partial charge in [-0.05, 0) is 43.5 Å². The molecule has 0 atom stereocenters. The molecule has 0 saturated carbocycles. The molecule has 0 spiro atoms. The molecular formula is C19H23NO. The Bertz CT molecular complexity index is 604. The van der Waals surface area contributed by atoms with Crippen molar-refractivity contribution in [2.24, 2.45) is 0 Å². The van der Waals surface area contributed by atoms with Crippen LogP contribution in [0, 0.1) is 0 Å². The van der Waals surface area contributed by atoms with Crippen molar-refractivity contribution >= 4 is 0 Å². The summed E-state index contributed by atoms with van der Waals surface area (Å²) in [6, 6.07) is 17.0. The molecule has 0 unspecified atom stereocenters. The molecule has 0 saturated heterocycles. The van der Waals surface area contributed by atoms with Gasteiger partial charge in [0, 0.05) is 13.0 Å². The lowest BCUT2D eigenvalue weighted by Crippen LogP contribution is -2.25. The molecule has 1 aliphatic heterocycles. The molecule has 1 aliphatic rings. The molecule has 0 fully saturated rings. The van der Waals surface area contributed by atoms with Crippen molar-refractivity contribution in [3.05, 3.63) is 65.2 Å². The number of hydrogen-bond donors (Lipinski definition) is 1. The van der Waals surface area contributed by atoms with Crippen molar-refractivity contribution in [3.8, 4) is 5.75 Å². The van der Waals surface area contributed by atoms with Crippen LogP contribution in [0.1, 0.15) is 30.5 Å². The van der Waals surface area contributed by atoms with E-state index in [4.69, 9.17) is 4.74 Å². The first kappa shape index (κ1) is 14.2. The molecule has 2 heteroatoms. The summed E-state index contributed by atoms with van der Waals surface area (Å²) in [6.07, 6.45) is 2.01. The molecule has 2 aromatic carbocycles. The molecule has 0 aliphatic carbocycles. The van der Waals surface area contributed by atoms with Gasteiger partial charge < -0.3 is 10.1 Å². The molecule has 0 radical (unpaired) electrons. The van der Waals surface area contributed by atoms with Crippen molar-refractivity contribution in [2.75, 3.05) is 6.54 Å². The third kappa shape index (κ3) is 3.45. The van der Waals surface area contributed by atoms with Crippen LogP contribution in [0.4, 0.5) is 0 Å². The number of fused-ring (bicyclic) bond motifs is 1. The summed E-state index contributed by atoms with van der Waals surface area (Å²) in [4.78, 5) is 0. The summed E-state index contributed by atoms with van der Waals surface area (Å²) in [5, 5.41) is 3.51. The summed E-state index contributed by atoms with van der Waals surface area (Å²) in [5.41, 5.74) is 3.93. The first-order valence-corrected chi connectivity index (χ1v) is 7.68. The van der Waals surface area contributed by atoms with Gasteiger partial charge in [0.2, 0.25) is 0 Å². The van der Waals surface area contributed by atoms with Gasteiger partial charge in [-0.25, -0.2) is 0 Å². The minimum absolute atomic E-state index is 0.0596. The van der Waals surface area contributed by atoms with Crippen molar-refractivity contribution in [3.63, 3.8) is 0 Å². The Balaban J connectivity index is 1.56. The average molecular weight is 281 g/mol. The maximum Gasteiger partial charge on any atom is 0.126 e. The Morgan fingerprint density at radius 2 is 1.86 bits per heavy atom. The Hall–Kier alpha value is -1.80. The topological polar surface area (TPSA) is 21.3 Å². The minimum Gasteiger partial charge on any atom is -0.487 e. The second-order valence-electron chi connectivity index (χ2n) is 6.36. The predicted molar refractivity (Wildman–Crippen MR) is 86.7 cm³/mol. The summed E-state index contributed by atoms with van der Waals surface area (Å²) in [6.45, 7) is 6.20. The first-order valence-electron chi connectivity index (χ1n) is 7.68. The van der Waals surface area contributed by atoms with Gasteiger partial charge in [-0.3, -0.25) is 0 Å². The second-order valence-corrected chi connectivity index (χ2v) is 6.36. The SMILES string of the molecule is CC1(C)Cc2cccc(CCNCc3ccccc3)c2O1. The maximum absolute atomic E-state index is 6.11. The normalized spacial score (nSPS) is 15.5. The molecule has 2 nitrogen and oxygen atoms in total. The highest BCUT2D eigenvalue weighted by atomic mass is 16.5. The van der Waals surface area contributed by atoms with Crippen LogP contribution in [0.2, 0.25) is 0 Å². The lowest BCUT2D eigenvalue weighted by Gasteiger charge is -2.18. The third-order valence-electron chi connectivity index (χ3n) is 3.92. The summed E-state index contributed by atoms with van der Waals surface area (Å²) >= 11 is 0. The molecule has 21 heavy (non-hydrogen) atoms. The van der Waals surface area contributed by atoms with E-state index >= 15 is 0 Å². The number of hydrogen-bond acceptors (Lipinski definition) is 2. The smallest absolute Gasteiger partial charge is 0.126 e. The summed E-state index contributed by atoms with van der Waals surface area (Å²) in [7, 11) is 0. The fourth-order valence-electron chi connectivity index (χ4n) is 2.93. The quantitative estimate of drug-likeness (QED) is 0.843. The van der Waals surface area contributed by atoms with E-state index in [1.165, 1.54) is 16.7 Å². The van der Waals surface area contributed by atoms with Crippen molar-refractivity contribution < 1.29 is 4.74 Å². The number of nitrogens with one attached hydrogen (secondary N) is 1. The van der Waals surface area contributed by atoms with Crippen LogP contribution in [0.15, 0.2) is 48.5 Å². The molecule has 110 valence electrons. The fraction of sp³-hybridized carbons (Fsp3) is 0.368. The van der Waals surface area contributed by atoms with Crippen LogP contribution >= 0.6 is 0 Å². The third-order valence-corrected chi connectivity index (χ3v) is 3.92. The van der Waals surface area contributed by atoms with Crippen molar-refractivity contribution in [1.29, 1.82) is 0 Å². The van der Waals surface area contributed by atoms with Crippen LogP contribution in [-0.4, -0.2) is 12.1 Å². The molecule has 1 heterocycles. The molecule has 1 N–H and O–H groups in total. The Kier molecular flexibility index (Phi) is 3.98. The zero-order valence-corrected chi connectivity index (χ0v) is 12.9. The van der Waals surface area contributed by atoms with Crippen molar-refractivity contribution in [2.45, 2.75) is 38.8 Å². The second kappa shape index (κ2) is 5.90. The molecule has 0 bridgehead atoms. The van der Waals surface area contributed by atoms with Crippen LogP contribution in [-0.2, 0) is 19.4 Å². The lowest BCUT2D eigenvalue weighted by atomic mass is 10.00. The Labute approximate surface area is 127 Å². The monoisotopic (exact) mass is 281 g/mol. The highest BCUT2D eigenvalue weighted by Crippen LogP contribution is 2.37. The zero-order chi connectivity index (χ0) is 14.7. The van der Waals surface area contributed by atoms with Gasteiger partial charge in [-0.2, -0.15) is 0 Å². The lowest BCUT2D eigenvalue weighted by molar-refractivity contribution is 0.137. The molecule has 0 aromatic heterocycles. The van der Waals surface area contributed by atoms with Crippen LogP contribution < -0.4 is 10.1 Å². The highest BCUT2D eigenvalue weighted by molar-refractivity contribution is 5.45. The Morgan fingerprint density at radius 3 is 2.67 bits per heavy atom. The minimum atomic E-state index is -0.0596. The van der Waals surface area contributed by atoms with E-state index in [2.05, 4.69) is 67.7 Å². The Morgan fingerprint density at radius 1 is 1.05 bits per heavy atom. The molecular weight excluding hydrogens is 258 g/mol. The van der Waals surface area contributed by atoms with Gasteiger partial charge in [0.15, 0.2) is 0 Å². The molecule has 2 aromatic rings. The van der Waals surface area contributed by atoms with Gasteiger partial charge in [0.25, 0.3) is 0 Å².